The first-order valence-electron chi connectivity index (χ1n) is 4.29. The zero-order valence-corrected chi connectivity index (χ0v) is 8.39. The molecule has 0 spiro atoms. The highest BCUT2D eigenvalue weighted by molar-refractivity contribution is 6.30. The second-order valence-electron chi connectivity index (χ2n) is 3.02. The van der Waals surface area contributed by atoms with Crippen molar-refractivity contribution < 1.29 is 4.39 Å². The zero-order chi connectivity index (χ0) is 10.6. The maximum atomic E-state index is 13.3. The van der Waals surface area contributed by atoms with Gasteiger partial charge in [-0.25, -0.2) is 4.39 Å². The van der Waals surface area contributed by atoms with Crippen LogP contribution in [0.3, 0.4) is 0 Å². The molecule has 3 heteroatoms. The molecular formula is C11H11ClFN. The summed E-state index contributed by atoms with van der Waals surface area (Å²) in [5.74, 6) is 2.13. The molecule has 1 nitrogen and oxygen atoms in total. The van der Waals surface area contributed by atoms with E-state index in [-0.39, 0.29) is 11.9 Å². The Morgan fingerprint density at radius 2 is 2.29 bits per heavy atom. The van der Waals surface area contributed by atoms with Crippen LogP contribution in [0, 0.1) is 18.2 Å². The predicted molar refractivity (Wildman–Crippen MR) is 56.4 cm³/mol. The molecule has 0 radical (unpaired) electrons. The molecule has 0 aliphatic heterocycles. The van der Waals surface area contributed by atoms with Gasteiger partial charge in [0.25, 0.3) is 0 Å². The fourth-order valence-electron chi connectivity index (χ4n) is 1.19. The fraction of sp³-hybridized carbons (Fsp3) is 0.273. The van der Waals surface area contributed by atoms with Crippen LogP contribution in [0.15, 0.2) is 18.2 Å². The monoisotopic (exact) mass is 211 g/mol. The van der Waals surface area contributed by atoms with E-state index in [0.717, 1.165) is 0 Å². The second kappa shape index (κ2) is 4.99. The molecule has 14 heavy (non-hydrogen) atoms. The molecule has 0 heterocycles. The van der Waals surface area contributed by atoms with Gasteiger partial charge in [-0.1, -0.05) is 11.6 Å². The van der Waals surface area contributed by atoms with Crippen LogP contribution in [0.5, 0.6) is 0 Å². The first-order valence-corrected chi connectivity index (χ1v) is 4.67. The summed E-state index contributed by atoms with van der Waals surface area (Å²) < 4.78 is 13.3. The van der Waals surface area contributed by atoms with Gasteiger partial charge in [-0.2, -0.15) is 0 Å². The number of rotatable bonds is 3. The minimum Gasteiger partial charge on any atom is -0.324 e. The molecule has 0 aliphatic carbocycles. The summed E-state index contributed by atoms with van der Waals surface area (Å²) >= 11 is 5.73. The van der Waals surface area contributed by atoms with Gasteiger partial charge >= 0.3 is 0 Å². The molecule has 1 aromatic carbocycles. The van der Waals surface area contributed by atoms with Crippen molar-refractivity contribution in [1.29, 1.82) is 0 Å². The Kier molecular flexibility index (Phi) is 3.94. The van der Waals surface area contributed by atoms with E-state index in [2.05, 4.69) is 5.92 Å². The number of nitrogens with two attached hydrogens (primary N) is 1. The highest BCUT2D eigenvalue weighted by atomic mass is 35.5. The van der Waals surface area contributed by atoms with Gasteiger partial charge in [-0.15, -0.1) is 12.3 Å². The fourth-order valence-corrected chi connectivity index (χ4v) is 1.37. The van der Waals surface area contributed by atoms with Crippen LogP contribution in [0.1, 0.15) is 24.4 Å². The molecule has 0 amide bonds. The van der Waals surface area contributed by atoms with Crippen LogP contribution in [0.25, 0.3) is 0 Å². The summed E-state index contributed by atoms with van der Waals surface area (Å²) in [5.41, 5.74) is 6.18. The minimum absolute atomic E-state index is 0.334. The van der Waals surface area contributed by atoms with E-state index in [4.69, 9.17) is 23.8 Å². The number of hydrogen-bond acceptors (Lipinski definition) is 1. The SMILES string of the molecule is C#CCCC(N)c1cc(Cl)ccc1F. The van der Waals surface area contributed by atoms with Crippen molar-refractivity contribution in [2.45, 2.75) is 18.9 Å². The lowest BCUT2D eigenvalue weighted by Crippen LogP contribution is -2.11. The molecule has 0 bridgehead atoms. The van der Waals surface area contributed by atoms with Crippen LogP contribution in [0.2, 0.25) is 5.02 Å². The van der Waals surface area contributed by atoms with E-state index < -0.39 is 0 Å². The van der Waals surface area contributed by atoms with Crippen molar-refractivity contribution in [2.24, 2.45) is 5.73 Å². The Labute approximate surface area is 88.1 Å². The van der Waals surface area contributed by atoms with Crippen molar-refractivity contribution in [2.75, 3.05) is 0 Å². The molecule has 74 valence electrons. The molecule has 1 aromatic rings. The molecule has 0 aliphatic rings. The molecule has 1 unspecified atom stereocenters. The lowest BCUT2D eigenvalue weighted by atomic mass is 10.0. The predicted octanol–water partition coefficient (Wildman–Crippen LogP) is 2.89. The third kappa shape index (κ3) is 2.73. The molecule has 2 N–H and O–H groups in total. The third-order valence-electron chi connectivity index (χ3n) is 1.96. The average molecular weight is 212 g/mol. The number of hydrogen-bond donors (Lipinski definition) is 1. The molecule has 1 rings (SSSR count). The largest absolute Gasteiger partial charge is 0.324 e. The van der Waals surface area contributed by atoms with Gasteiger partial charge in [-0.3, -0.25) is 0 Å². The molecular weight excluding hydrogens is 201 g/mol. The van der Waals surface area contributed by atoms with Crippen LogP contribution in [0.4, 0.5) is 4.39 Å². The Morgan fingerprint density at radius 3 is 2.93 bits per heavy atom. The molecule has 1 atom stereocenters. The summed E-state index contributed by atoms with van der Waals surface area (Å²) in [6, 6.07) is 3.96. The van der Waals surface area contributed by atoms with Gasteiger partial charge in [-0.05, 0) is 24.6 Å². The van der Waals surface area contributed by atoms with E-state index in [9.17, 15) is 4.39 Å². The Hall–Kier alpha value is -1.04. The number of benzene rings is 1. The summed E-state index contributed by atoms with van der Waals surface area (Å²) in [5, 5.41) is 0.484. The van der Waals surface area contributed by atoms with Gasteiger partial charge < -0.3 is 5.73 Å². The molecule has 0 fully saturated rings. The Morgan fingerprint density at radius 1 is 1.57 bits per heavy atom. The topological polar surface area (TPSA) is 26.0 Å². The summed E-state index contributed by atoms with van der Waals surface area (Å²) in [7, 11) is 0. The van der Waals surface area contributed by atoms with E-state index >= 15 is 0 Å². The van der Waals surface area contributed by atoms with E-state index in [1.54, 1.807) is 0 Å². The summed E-state index contributed by atoms with van der Waals surface area (Å²) in [6.45, 7) is 0. The zero-order valence-electron chi connectivity index (χ0n) is 7.63. The molecule has 0 aromatic heterocycles. The Bertz CT molecular complexity index is 357. The first-order chi connectivity index (χ1) is 6.65. The van der Waals surface area contributed by atoms with Gasteiger partial charge in [0.05, 0.1) is 0 Å². The van der Waals surface area contributed by atoms with Crippen molar-refractivity contribution in [3.63, 3.8) is 0 Å². The van der Waals surface area contributed by atoms with E-state index in [1.165, 1.54) is 18.2 Å². The maximum Gasteiger partial charge on any atom is 0.128 e. The second-order valence-corrected chi connectivity index (χ2v) is 3.45. The first kappa shape index (κ1) is 11.0. The standard InChI is InChI=1S/C11H11ClFN/c1-2-3-4-11(14)9-7-8(12)5-6-10(9)13/h1,5-7,11H,3-4,14H2. The van der Waals surface area contributed by atoms with E-state index in [0.29, 0.717) is 23.4 Å². The maximum absolute atomic E-state index is 13.3. The highest BCUT2D eigenvalue weighted by Crippen LogP contribution is 2.22. The van der Waals surface area contributed by atoms with Crippen LogP contribution in [-0.4, -0.2) is 0 Å². The van der Waals surface area contributed by atoms with Gasteiger partial charge in [0, 0.05) is 23.0 Å². The Balaban J connectivity index is 2.83. The van der Waals surface area contributed by atoms with Crippen LogP contribution >= 0.6 is 11.6 Å². The van der Waals surface area contributed by atoms with Crippen molar-refractivity contribution in [3.8, 4) is 12.3 Å². The minimum atomic E-state index is -0.384. The smallest absolute Gasteiger partial charge is 0.128 e. The van der Waals surface area contributed by atoms with Crippen LogP contribution in [-0.2, 0) is 0 Å². The van der Waals surface area contributed by atoms with Gasteiger partial charge in [0.2, 0.25) is 0 Å². The van der Waals surface area contributed by atoms with Crippen molar-refractivity contribution in [1.82, 2.24) is 0 Å². The lowest BCUT2D eigenvalue weighted by Gasteiger charge is -2.11. The lowest BCUT2D eigenvalue weighted by molar-refractivity contribution is 0.568. The average Bonchev–Trinajstić information content (AvgIpc) is 2.18. The van der Waals surface area contributed by atoms with E-state index in [1.807, 2.05) is 0 Å². The number of halogens is 2. The van der Waals surface area contributed by atoms with Crippen molar-refractivity contribution in [3.05, 3.63) is 34.6 Å². The normalized spacial score (nSPS) is 12.1. The van der Waals surface area contributed by atoms with Crippen LogP contribution < -0.4 is 5.73 Å². The van der Waals surface area contributed by atoms with Gasteiger partial charge in [0.15, 0.2) is 0 Å². The molecule has 0 saturated carbocycles. The quantitative estimate of drug-likeness (QED) is 0.765. The number of terminal acetylenes is 1. The highest BCUT2D eigenvalue weighted by Gasteiger charge is 2.10. The van der Waals surface area contributed by atoms with Gasteiger partial charge in [0.1, 0.15) is 5.82 Å². The summed E-state index contributed by atoms with van der Waals surface area (Å²) in [4.78, 5) is 0. The molecule has 0 saturated heterocycles. The third-order valence-corrected chi connectivity index (χ3v) is 2.19. The van der Waals surface area contributed by atoms with Crippen molar-refractivity contribution >= 4 is 11.6 Å². The summed E-state index contributed by atoms with van der Waals surface area (Å²) in [6.07, 6.45) is 6.20.